The second-order valence-corrected chi connectivity index (χ2v) is 12.7. The summed E-state index contributed by atoms with van der Waals surface area (Å²) in [6.45, 7) is 6.29. The zero-order valence-corrected chi connectivity index (χ0v) is 23.7. The molecular weight excluding hydrogens is 528 g/mol. The quantitative estimate of drug-likeness (QED) is 0.378. The molecule has 1 aliphatic heterocycles. The van der Waals surface area contributed by atoms with E-state index in [1.54, 1.807) is 75.6 Å². The fourth-order valence-electron chi connectivity index (χ4n) is 4.03. The molecule has 4 rings (SSSR count). The lowest BCUT2D eigenvalue weighted by atomic mass is 10.1. The standard InChI is InChI=1S/C27H32N2O7S2/c1-27(2,3)36-26(30)28-13-15-29(16-14-28)38(31,32)25-21(12-17-37-25)20-8-6-7-9-22(20)35-19-10-11-23(33-4)24(18-19)34-5/h6-12,17-18H,13-16H2,1-5H3. The Labute approximate surface area is 227 Å². The Balaban J connectivity index is 1.56. The molecule has 0 aliphatic carbocycles. The highest BCUT2D eigenvalue weighted by Crippen LogP contribution is 2.41. The van der Waals surface area contributed by atoms with Gasteiger partial charge in [0.2, 0.25) is 0 Å². The van der Waals surface area contributed by atoms with Crippen molar-refractivity contribution in [3.63, 3.8) is 0 Å². The molecule has 11 heteroatoms. The number of benzene rings is 2. The summed E-state index contributed by atoms with van der Waals surface area (Å²) in [5.74, 6) is 2.12. The van der Waals surface area contributed by atoms with Gasteiger partial charge in [0.05, 0.1) is 14.2 Å². The molecule has 0 unspecified atom stereocenters. The maximum Gasteiger partial charge on any atom is 0.410 e. The number of hydrogen-bond acceptors (Lipinski definition) is 8. The summed E-state index contributed by atoms with van der Waals surface area (Å²) in [7, 11) is -0.704. The van der Waals surface area contributed by atoms with Gasteiger partial charge in [-0.05, 0) is 50.4 Å². The van der Waals surface area contributed by atoms with E-state index in [9.17, 15) is 13.2 Å². The molecule has 1 saturated heterocycles. The number of carbonyl (C=O) groups is 1. The first-order valence-electron chi connectivity index (χ1n) is 12.1. The Bertz CT molecular complexity index is 1390. The van der Waals surface area contributed by atoms with Crippen molar-refractivity contribution >= 4 is 27.5 Å². The second kappa shape index (κ2) is 11.2. The van der Waals surface area contributed by atoms with Crippen molar-refractivity contribution in [2.24, 2.45) is 0 Å². The van der Waals surface area contributed by atoms with Gasteiger partial charge in [0.1, 0.15) is 21.3 Å². The maximum atomic E-state index is 13.7. The van der Waals surface area contributed by atoms with E-state index < -0.39 is 21.7 Å². The van der Waals surface area contributed by atoms with Gasteiger partial charge >= 0.3 is 6.09 Å². The number of para-hydroxylation sites is 1. The summed E-state index contributed by atoms with van der Waals surface area (Å²) in [6, 6.07) is 14.3. The van der Waals surface area contributed by atoms with Crippen LogP contribution < -0.4 is 14.2 Å². The molecule has 1 aliphatic rings. The highest BCUT2D eigenvalue weighted by atomic mass is 32.2. The van der Waals surface area contributed by atoms with E-state index in [2.05, 4.69) is 0 Å². The van der Waals surface area contributed by atoms with E-state index in [0.29, 0.717) is 34.1 Å². The van der Waals surface area contributed by atoms with Crippen molar-refractivity contribution in [1.29, 1.82) is 0 Å². The van der Waals surface area contributed by atoms with E-state index in [0.717, 1.165) is 11.3 Å². The summed E-state index contributed by atoms with van der Waals surface area (Å²) in [5.41, 5.74) is 0.591. The third-order valence-corrected chi connectivity index (χ3v) is 9.21. The normalized spacial score (nSPS) is 14.7. The van der Waals surface area contributed by atoms with E-state index >= 15 is 0 Å². The number of nitrogens with zero attached hydrogens (tertiary/aromatic N) is 2. The van der Waals surface area contributed by atoms with E-state index in [4.69, 9.17) is 18.9 Å². The van der Waals surface area contributed by atoms with Crippen LogP contribution >= 0.6 is 11.3 Å². The van der Waals surface area contributed by atoms with Gasteiger partial charge in [0.15, 0.2) is 11.5 Å². The number of rotatable bonds is 7. The molecule has 38 heavy (non-hydrogen) atoms. The van der Waals surface area contributed by atoms with E-state index in [1.807, 2.05) is 18.2 Å². The molecule has 0 atom stereocenters. The summed E-state index contributed by atoms with van der Waals surface area (Å²) < 4.78 is 51.3. The highest BCUT2D eigenvalue weighted by Gasteiger charge is 2.34. The topological polar surface area (TPSA) is 94.6 Å². The zero-order valence-electron chi connectivity index (χ0n) is 22.1. The monoisotopic (exact) mass is 560 g/mol. The van der Waals surface area contributed by atoms with Crippen molar-refractivity contribution in [2.75, 3.05) is 40.4 Å². The van der Waals surface area contributed by atoms with Gasteiger partial charge in [-0.15, -0.1) is 11.3 Å². The van der Waals surface area contributed by atoms with Gasteiger partial charge in [-0.3, -0.25) is 0 Å². The summed E-state index contributed by atoms with van der Waals surface area (Å²) in [6.07, 6.45) is -0.437. The Kier molecular flexibility index (Phi) is 8.19. The molecule has 1 fully saturated rings. The first kappa shape index (κ1) is 27.7. The van der Waals surface area contributed by atoms with Crippen LogP contribution in [0.1, 0.15) is 20.8 Å². The van der Waals surface area contributed by atoms with Gasteiger partial charge < -0.3 is 23.8 Å². The molecule has 0 bridgehead atoms. The summed E-state index contributed by atoms with van der Waals surface area (Å²) in [4.78, 5) is 14.0. The Morgan fingerprint density at radius 2 is 1.55 bits per heavy atom. The number of ether oxygens (including phenoxy) is 4. The SMILES string of the molecule is COc1ccc(Oc2ccccc2-c2ccsc2S(=O)(=O)N2CCN(C(=O)OC(C)(C)C)CC2)cc1OC. The van der Waals surface area contributed by atoms with Crippen LogP contribution in [0.2, 0.25) is 0 Å². The maximum absolute atomic E-state index is 13.7. The lowest BCUT2D eigenvalue weighted by Crippen LogP contribution is -2.51. The fraction of sp³-hybridized carbons (Fsp3) is 0.370. The summed E-state index contributed by atoms with van der Waals surface area (Å²) >= 11 is 1.16. The molecule has 1 amide bonds. The third kappa shape index (κ3) is 6.06. The number of sulfonamides is 1. The van der Waals surface area contributed by atoms with E-state index in [-0.39, 0.29) is 30.4 Å². The van der Waals surface area contributed by atoms with Crippen molar-refractivity contribution < 1.29 is 32.2 Å². The Morgan fingerprint density at radius 1 is 0.868 bits per heavy atom. The van der Waals surface area contributed by atoms with Crippen molar-refractivity contribution in [2.45, 2.75) is 30.6 Å². The molecule has 0 saturated carbocycles. The molecule has 2 heterocycles. The fourth-order valence-corrected chi connectivity index (χ4v) is 6.97. The lowest BCUT2D eigenvalue weighted by Gasteiger charge is -2.34. The molecule has 0 N–H and O–H groups in total. The predicted octanol–water partition coefficient (Wildman–Crippen LogP) is 5.47. The van der Waals surface area contributed by atoms with Crippen LogP contribution in [-0.4, -0.2) is 69.7 Å². The number of hydrogen-bond donors (Lipinski definition) is 0. The van der Waals surface area contributed by atoms with Crippen LogP contribution in [0.25, 0.3) is 11.1 Å². The second-order valence-electron chi connectivity index (χ2n) is 9.61. The van der Waals surface area contributed by atoms with Gasteiger partial charge in [0.25, 0.3) is 10.0 Å². The Morgan fingerprint density at radius 3 is 2.21 bits per heavy atom. The number of piperazine rings is 1. The average Bonchev–Trinajstić information content (AvgIpc) is 3.39. The van der Waals surface area contributed by atoms with Crippen LogP contribution in [0.15, 0.2) is 58.1 Å². The van der Waals surface area contributed by atoms with Crippen LogP contribution in [0.5, 0.6) is 23.0 Å². The van der Waals surface area contributed by atoms with E-state index in [1.165, 1.54) is 4.31 Å². The first-order valence-corrected chi connectivity index (χ1v) is 14.4. The lowest BCUT2D eigenvalue weighted by molar-refractivity contribution is 0.0192. The summed E-state index contributed by atoms with van der Waals surface area (Å²) in [5, 5.41) is 1.76. The minimum Gasteiger partial charge on any atom is -0.493 e. The molecule has 0 spiro atoms. The average molecular weight is 561 g/mol. The number of amides is 1. The predicted molar refractivity (Wildman–Crippen MR) is 146 cm³/mol. The molecule has 2 aromatic carbocycles. The number of carbonyl (C=O) groups excluding carboxylic acids is 1. The van der Waals surface area contributed by atoms with Crippen LogP contribution in [-0.2, 0) is 14.8 Å². The van der Waals surface area contributed by atoms with Gasteiger partial charge in [0, 0.05) is 43.4 Å². The number of methoxy groups -OCH3 is 2. The van der Waals surface area contributed by atoms with Gasteiger partial charge in [-0.1, -0.05) is 18.2 Å². The van der Waals surface area contributed by atoms with Crippen molar-refractivity contribution in [3.05, 3.63) is 53.9 Å². The van der Waals surface area contributed by atoms with Gasteiger partial charge in [-0.2, -0.15) is 4.31 Å². The smallest absolute Gasteiger partial charge is 0.410 e. The highest BCUT2D eigenvalue weighted by molar-refractivity contribution is 7.91. The minimum atomic E-state index is -3.81. The Hall–Kier alpha value is -3.28. The van der Waals surface area contributed by atoms with Crippen LogP contribution in [0.3, 0.4) is 0 Å². The molecule has 204 valence electrons. The van der Waals surface area contributed by atoms with Crippen LogP contribution in [0.4, 0.5) is 4.79 Å². The molecule has 1 aromatic heterocycles. The van der Waals surface area contributed by atoms with Crippen LogP contribution in [0, 0.1) is 0 Å². The molecular formula is C27H32N2O7S2. The number of thiophene rings is 1. The third-order valence-electron chi connectivity index (χ3n) is 5.85. The largest absolute Gasteiger partial charge is 0.493 e. The molecule has 0 radical (unpaired) electrons. The first-order chi connectivity index (χ1) is 18.0. The van der Waals surface area contributed by atoms with Crippen molar-refractivity contribution in [1.82, 2.24) is 9.21 Å². The van der Waals surface area contributed by atoms with Gasteiger partial charge in [-0.25, -0.2) is 13.2 Å². The zero-order chi connectivity index (χ0) is 27.5. The minimum absolute atomic E-state index is 0.183. The molecule has 9 nitrogen and oxygen atoms in total. The molecule has 3 aromatic rings. The van der Waals surface area contributed by atoms with Crippen molar-refractivity contribution in [3.8, 4) is 34.1 Å².